The quantitative estimate of drug-likeness (QED) is 0.816. The van der Waals surface area contributed by atoms with Crippen molar-refractivity contribution in [2.24, 2.45) is 5.92 Å². The van der Waals surface area contributed by atoms with Gasteiger partial charge < -0.3 is 16.0 Å². The van der Waals surface area contributed by atoms with Crippen LogP contribution in [-0.2, 0) is 4.79 Å². The first kappa shape index (κ1) is 15.8. The van der Waals surface area contributed by atoms with Gasteiger partial charge in [-0.3, -0.25) is 9.59 Å². The fraction of sp³-hybridized carbons (Fsp3) is 0.467. The molecular formula is C15H20BrN3O2. The van der Waals surface area contributed by atoms with Crippen molar-refractivity contribution in [2.45, 2.75) is 19.8 Å². The molecule has 3 N–H and O–H groups in total. The average Bonchev–Trinajstić information content (AvgIpc) is 2.49. The fourth-order valence-corrected chi connectivity index (χ4v) is 2.91. The molecule has 1 aromatic carbocycles. The lowest BCUT2D eigenvalue weighted by Gasteiger charge is -2.31. The molecule has 1 aromatic rings. The molecule has 2 amide bonds. The maximum Gasteiger partial charge on any atom is 0.255 e. The Morgan fingerprint density at radius 1 is 1.38 bits per heavy atom. The lowest BCUT2D eigenvalue weighted by Crippen LogP contribution is -2.43. The number of carbonyl (C=O) groups excluding carboxylic acids is 2. The molecule has 0 unspecified atom stereocenters. The van der Waals surface area contributed by atoms with Gasteiger partial charge in [0.15, 0.2) is 0 Å². The average molecular weight is 354 g/mol. The highest BCUT2D eigenvalue weighted by Gasteiger charge is 2.28. The third-order valence-electron chi connectivity index (χ3n) is 3.75. The highest BCUT2D eigenvalue weighted by molar-refractivity contribution is 9.10. The summed E-state index contributed by atoms with van der Waals surface area (Å²) >= 11 is 3.36. The van der Waals surface area contributed by atoms with Crippen LogP contribution >= 0.6 is 15.9 Å². The zero-order valence-electron chi connectivity index (χ0n) is 12.1. The summed E-state index contributed by atoms with van der Waals surface area (Å²) in [7, 11) is 0. The number of rotatable bonds is 3. The van der Waals surface area contributed by atoms with E-state index in [0.717, 1.165) is 4.47 Å². The van der Waals surface area contributed by atoms with Gasteiger partial charge in [-0.25, -0.2) is 0 Å². The van der Waals surface area contributed by atoms with Gasteiger partial charge >= 0.3 is 0 Å². The van der Waals surface area contributed by atoms with Crippen LogP contribution in [0.25, 0.3) is 0 Å². The summed E-state index contributed by atoms with van der Waals surface area (Å²) in [6.07, 6.45) is 1.40. The topological polar surface area (TPSA) is 75.4 Å². The second-order valence-corrected chi connectivity index (χ2v) is 6.11. The minimum Gasteiger partial charge on any atom is -0.398 e. The molecule has 1 heterocycles. The molecule has 114 valence electrons. The van der Waals surface area contributed by atoms with Crippen molar-refractivity contribution in [3.8, 4) is 0 Å². The lowest BCUT2D eigenvalue weighted by molar-refractivity contribution is -0.126. The second kappa shape index (κ2) is 6.93. The molecule has 0 bridgehead atoms. The van der Waals surface area contributed by atoms with Crippen LogP contribution < -0.4 is 11.1 Å². The first-order valence-corrected chi connectivity index (χ1v) is 7.94. The standard InChI is InChI=1S/C15H20BrN3O2/c1-2-18-14(20)10-5-7-19(8-6-10)15(21)12-9-11(16)3-4-13(12)17/h3-4,9-10H,2,5-8,17H2,1H3,(H,18,20). The molecule has 0 atom stereocenters. The number of hydrogen-bond donors (Lipinski definition) is 2. The number of likely N-dealkylation sites (tertiary alicyclic amines) is 1. The number of benzene rings is 1. The van der Waals surface area contributed by atoms with E-state index in [1.807, 2.05) is 13.0 Å². The first-order valence-electron chi connectivity index (χ1n) is 7.15. The van der Waals surface area contributed by atoms with Crippen molar-refractivity contribution < 1.29 is 9.59 Å². The van der Waals surface area contributed by atoms with Gasteiger partial charge in [-0.15, -0.1) is 0 Å². The highest BCUT2D eigenvalue weighted by atomic mass is 79.9. The number of nitrogens with zero attached hydrogens (tertiary/aromatic N) is 1. The Kier molecular flexibility index (Phi) is 5.22. The molecule has 0 aliphatic carbocycles. The van der Waals surface area contributed by atoms with E-state index < -0.39 is 0 Å². The predicted octanol–water partition coefficient (Wildman–Crippen LogP) is 2.02. The van der Waals surface area contributed by atoms with E-state index in [1.54, 1.807) is 17.0 Å². The van der Waals surface area contributed by atoms with Gasteiger partial charge in [0, 0.05) is 35.7 Å². The first-order chi connectivity index (χ1) is 10.0. The fourth-order valence-electron chi connectivity index (χ4n) is 2.55. The van der Waals surface area contributed by atoms with Crippen molar-refractivity contribution in [2.75, 3.05) is 25.4 Å². The minimum atomic E-state index is -0.0665. The number of nitrogens with one attached hydrogen (secondary N) is 1. The van der Waals surface area contributed by atoms with E-state index in [9.17, 15) is 9.59 Å². The van der Waals surface area contributed by atoms with Crippen LogP contribution in [0.5, 0.6) is 0 Å². The van der Waals surface area contributed by atoms with Crippen LogP contribution in [0.2, 0.25) is 0 Å². The van der Waals surface area contributed by atoms with Crippen molar-refractivity contribution in [1.82, 2.24) is 10.2 Å². The molecule has 0 aromatic heterocycles. The molecular weight excluding hydrogens is 334 g/mol. The number of amides is 2. The molecule has 6 heteroatoms. The zero-order valence-corrected chi connectivity index (χ0v) is 13.6. The van der Waals surface area contributed by atoms with Crippen LogP contribution in [0, 0.1) is 5.92 Å². The molecule has 0 spiro atoms. The Bertz CT molecular complexity index is 540. The number of carbonyl (C=O) groups is 2. The van der Waals surface area contributed by atoms with Gasteiger partial charge in [-0.1, -0.05) is 15.9 Å². The number of nitrogen functional groups attached to an aromatic ring is 1. The zero-order chi connectivity index (χ0) is 15.4. The van der Waals surface area contributed by atoms with Gasteiger partial charge in [-0.05, 0) is 38.0 Å². The summed E-state index contributed by atoms with van der Waals surface area (Å²) < 4.78 is 0.831. The molecule has 1 aliphatic heterocycles. The summed E-state index contributed by atoms with van der Waals surface area (Å²) in [4.78, 5) is 26.1. The van der Waals surface area contributed by atoms with Crippen molar-refractivity contribution in [3.63, 3.8) is 0 Å². The summed E-state index contributed by atoms with van der Waals surface area (Å²) in [5.74, 6) is 0.0311. The number of anilines is 1. The SMILES string of the molecule is CCNC(=O)C1CCN(C(=O)c2cc(Br)ccc2N)CC1. The number of halogens is 1. The van der Waals surface area contributed by atoms with Gasteiger partial charge in [-0.2, -0.15) is 0 Å². The summed E-state index contributed by atoms with van der Waals surface area (Å²) in [5, 5.41) is 2.84. The Labute approximate surface area is 133 Å². The number of hydrogen-bond acceptors (Lipinski definition) is 3. The van der Waals surface area contributed by atoms with Crippen molar-refractivity contribution in [3.05, 3.63) is 28.2 Å². The van der Waals surface area contributed by atoms with Crippen LogP contribution in [-0.4, -0.2) is 36.3 Å². The van der Waals surface area contributed by atoms with Crippen molar-refractivity contribution >= 4 is 33.4 Å². The molecule has 5 nitrogen and oxygen atoms in total. The number of nitrogens with two attached hydrogens (primary N) is 1. The Morgan fingerprint density at radius 2 is 2.05 bits per heavy atom. The summed E-state index contributed by atoms with van der Waals surface area (Å²) in [5.41, 5.74) is 6.87. The van der Waals surface area contributed by atoms with Crippen LogP contribution in [0.1, 0.15) is 30.1 Å². The van der Waals surface area contributed by atoms with E-state index in [1.165, 1.54) is 0 Å². The van der Waals surface area contributed by atoms with E-state index in [-0.39, 0.29) is 17.7 Å². The predicted molar refractivity (Wildman–Crippen MR) is 85.9 cm³/mol. The van der Waals surface area contributed by atoms with Crippen LogP contribution in [0.3, 0.4) is 0 Å². The van der Waals surface area contributed by atoms with Crippen LogP contribution in [0.15, 0.2) is 22.7 Å². The summed E-state index contributed by atoms with van der Waals surface area (Å²) in [6.45, 7) is 3.73. The molecule has 0 saturated carbocycles. The van der Waals surface area contributed by atoms with Gasteiger partial charge in [0.05, 0.1) is 5.56 Å². The summed E-state index contributed by atoms with van der Waals surface area (Å²) in [6, 6.07) is 5.28. The monoisotopic (exact) mass is 353 g/mol. The number of piperidine rings is 1. The smallest absolute Gasteiger partial charge is 0.255 e. The van der Waals surface area contributed by atoms with E-state index in [0.29, 0.717) is 43.7 Å². The third kappa shape index (κ3) is 3.75. The minimum absolute atomic E-state index is 0.00820. The Hall–Kier alpha value is -1.56. The molecule has 1 fully saturated rings. The molecule has 2 rings (SSSR count). The molecule has 21 heavy (non-hydrogen) atoms. The van der Waals surface area contributed by atoms with E-state index >= 15 is 0 Å². The third-order valence-corrected chi connectivity index (χ3v) is 4.24. The normalized spacial score (nSPS) is 15.8. The second-order valence-electron chi connectivity index (χ2n) is 5.19. The van der Waals surface area contributed by atoms with Gasteiger partial charge in [0.25, 0.3) is 5.91 Å². The molecule has 1 saturated heterocycles. The largest absolute Gasteiger partial charge is 0.398 e. The van der Waals surface area contributed by atoms with Gasteiger partial charge in [0.2, 0.25) is 5.91 Å². The molecule has 0 radical (unpaired) electrons. The molecule has 1 aliphatic rings. The van der Waals surface area contributed by atoms with E-state index in [4.69, 9.17) is 5.73 Å². The maximum atomic E-state index is 12.5. The van der Waals surface area contributed by atoms with Gasteiger partial charge in [0.1, 0.15) is 0 Å². The van der Waals surface area contributed by atoms with Crippen molar-refractivity contribution in [1.29, 1.82) is 0 Å². The maximum absolute atomic E-state index is 12.5. The highest BCUT2D eigenvalue weighted by Crippen LogP contribution is 2.23. The van der Waals surface area contributed by atoms with Crippen LogP contribution in [0.4, 0.5) is 5.69 Å². The lowest BCUT2D eigenvalue weighted by atomic mass is 9.95. The Balaban J connectivity index is 2.00. The van der Waals surface area contributed by atoms with E-state index in [2.05, 4.69) is 21.2 Å². The Morgan fingerprint density at radius 3 is 2.67 bits per heavy atom.